The number of nitrogens with one attached hydrogen (secondary N) is 2. The molecule has 8 nitrogen and oxygen atoms in total. The van der Waals surface area contributed by atoms with E-state index in [9.17, 15) is 4.79 Å². The van der Waals surface area contributed by atoms with Crippen molar-refractivity contribution in [2.24, 2.45) is 0 Å². The molecule has 1 saturated heterocycles. The van der Waals surface area contributed by atoms with Gasteiger partial charge in [0.25, 0.3) is 0 Å². The molecule has 2 aliphatic heterocycles. The number of carbonyl (C=O) groups excluding carboxylic acids is 1. The van der Waals surface area contributed by atoms with Crippen molar-refractivity contribution in [3.05, 3.63) is 119 Å². The second kappa shape index (κ2) is 16.5. The number of fused-ring (bicyclic) bond motifs is 1. The maximum atomic E-state index is 13.4. The summed E-state index contributed by atoms with van der Waals surface area (Å²) in [5.41, 5.74) is 7.11. The predicted molar refractivity (Wildman–Crippen MR) is 187 cm³/mol. The molecular formula is C39H47N5O3. The summed E-state index contributed by atoms with van der Waals surface area (Å²) >= 11 is 0. The summed E-state index contributed by atoms with van der Waals surface area (Å²) in [5, 5.41) is 6.72. The third kappa shape index (κ3) is 9.58. The van der Waals surface area contributed by atoms with Gasteiger partial charge in [0.15, 0.2) is 11.5 Å². The Morgan fingerprint density at radius 3 is 2.28 bits per heavy atom. The van der Waals surface area contributed by atoms with E-state index in [1.807, 2.05) is 35.2 Å². The molecule has 6 rings (SSSR count). The van der Waals surface area contributed by atoms with Crippen LogP contribution in [0.4, 0.5) is 4.79 Å². The van der Waals surface area contributed by atoms with Crippen LogP contribution in [0.2, 0.25) is 0 Å². The van der Waals surface area contributed by atoms with E-state index < -0.39 is 0 Å². The van der Waals surface area contributed by atoms with Crippen LogP contribution in [0, 0.1) is 0 Å². The van der Waals surface area contributed by atoms with Gasteiger partial charge in [0, 0.05) is 58.9 Å². The Balaban J connectivity index is 1.03. The van der Waals surface area contributed by atoms with Gasteiger partial charge >= 0.3 is 6.03 Å². The molecule has 2 aliphatic rings. The lowest BCUT2D eigenvalue weighted by molar-refractivity contribution is 0.145. The number of amides is 2. The Labute approximate surface area is 279 Å². The lowest BCUT2D eigenvalue weighted by Gasteiger charge is -2.33. The standard InChI is InChI=1S/C39H47N5O3/c1-42-21-23-43(24-22-42)19-6-20-44(39(45)41-18-17-31-7-3-2-4-8-31)29-32-11-14-35(15-12-32)36-10-5-9-33(25-36)27-40-28-34-13-16-37-38(26-34)47-30-46-37/h2-5,7-16,25-26,40H,6,17-24,27-30H2,1H3,(H,41,45). The summed E-state index contributed by atoms with van der Waals surface area (Å²) in [6, 6.07) is 33.7. The normalized spacial score (nSPS) is 14.7. The van der Waals surface area contributed by atoms with E-state index in [-0.39, 0.29) is 6.03 Å². The first kappa shape index (κ1) is 32.6. The van der Waals surface area contributed by atoms with Crippen LogP contribution in [0.25, 0.3) is 11.1 Å². The first-order valence-corrected chi connectivity index (χ1v) is 16.8. The van der Waals surface area contributed by atoms with Crippen molar-refractivity contribution in [1.29, 1.82) is 0 Å². The summed E-state index contributed by atoms with van der Waals surface area (Å²) < 4.78 is 10.9. The van der Waals surface area contributed by atoms with E-state index in [2.05, 4.69) is 94.2 Å². The molecule has 246 valence electrons. The number of ether oxygens (including phenoxy) is 2. The molecule has 0 aliphatic carbocycles. The van der Waals surface area contributed by atoms with Crippen LogP contribution in [-0.2, 0) is 26.1 Å². The molecule has 0 bridgehead atoms. The van der Waals surface area contributed by atoms with Crippen LogP contribution in [-0.4, -0.2) is 80.4 Å². The van der Waals surface area contributed by atoms with Crippen LogP contribution in [0.5, 0.6) is 11.5 Å². The molecule has 4 aromatic carbocycles. The lowest BCUT2D eigenvalue weighted by Crippen LogP contribution is -2.46. The number of hydrogen-bond acceptors (Lipinski definition) is 6. The number of nitrogens with zero attached hydrogens (tertiary/aromatic N) is 3. The Morgan fingerprint density at radius 1 is 0.745 bits per heavy atom. The first-order valence-electron chi connectivity index (χ1n) is 16.8. The maximum absolute atomic E-state index is 13.4. The van der Waals surface area contributed by atoms with E-state index in [4.69, 9.17) is 9.47 Å². The van der Waals surface area contributed by atoms with Gasteiger partial charge in [-0.2, -0.15) is 0 Å². The lowest BCUT2D eigenvalue weighted by atomic mass is 10.0. The van der Waals surface area contributed by atoms with Gasteiger partial charge in [-0.05, 0) is 78.0 Å². The number of rotatable bonds is 14. The summed E-state index contributed by atoms with van der Waals surface area (Å²) in [6.45, 7) is 9.17. The summed E-state index contributed by atoms with van der Waals surface area (Å²) in [5.74, 6) is 1.62. The second-order valence-corrected chi connectivity index (χ2v) is 12.6. The zero-order valence-electron chi connectivity index (χ0n) is 27.5. The highest BCUT2D eigenvalue weighted by atomic mass is 16.7. The van der Waals surface area contributed by atoms with E-state index >= 15 is 0 Å². The molecule has 4 aromatic rings. The third-order valence-corrected chi connectivity index (χ3v) is 9.00. The summed E-state index contributed by atoms with van der Waals surface area (Å²) in [7, 11) is 2.18. The van der Waals surface area contributed by atoms with Gasteiger partial charge < -0.3 is 34.8 Å². The van der Waals surface area contributed by atoms with Crippen molar-refractivity contribution in [3.8, 4) is 22.6 Å². The fourth-order valence-electron chi connectivity index (χ4n) is 6.17. The average molecular weight is 634 g/mol. The zero-order chi connectivity index (χ0) is 32.3. The number of carbonyl (C=O) groups is 1. The molecule has 0 aromatic heterocycles. The van der Waals surface area contributed by atoms with Crippen LogP contribution in [0.3, 0.4) is 0 Å². The molecule has 0 spiro atoms. The first-order chi connectivity index (χ1) is 23.1. The molecule has 0 saturated carbocycles. The SMILES string of the molecule is CN1CCN(CCCN(Cc2ccc(-c3cccc(CNCc4ccc5c(c4)OCO5)c3)cc2)C(=O)NCCc2ccccc2)CC1. The summed E-state index contributed by atoms with van der Waals surface area (Å²) in [6.07, 6.45) is 1.78. The molecule has 2 amide bonds. The minimum Gasteiger partial charge on any atom is -0.454 e. The van der Waals surface area contributed by atoms with Crippen molar-refractivity contribution in [2.45, 2.75) is 32.5 Å². The van der Waals surface area contributed by atoms with Crippen molar-refractivity contribution >= 4 is 6.03 Å². The topological polar surface area (TPSA) is 69.3 Å². The molecule has 0 unspecified atom stereocenters. The zero-order valence-corrected chi connectivity index (χ0v) is 27.5. The molecular weight excluding hydrogens is 586 g/mol. The van der Waals surface area contributed by atoms with E-state index in [0.717, 1.165) is 82.3 Å². The number of urea groups is 1. The van der Waals surface area contributed by atoms with Gasteiger partial charge in [0.05, 0.1) is 0 Å². The molecule has 0 radical (unpaired) electrons. The predicted octanol–water partition coefficient (Wildman–Crippen LogP) is 5.76. The maximum Gasteiger partial charge on any atom is 0.317 e. The highest BCUT2D eigenvalue weighted by Gasteiger charge is 2.17. The van der Waals surface area contributed by atoms with Gasteiger partial charge in [-0.25, -0.2) is 4.79 Å². The Bertz CT molecular complexity index is 1570. The number of benzene rings is 4. The molecule has 2 N–H and O–H groups in total. The Morgan fingerprint density at radius 2 is 1.47 bits per heavy atom. The van der Waals surface area contributed by atoms with Crippen LogP contribution in [0.15, 0.2) is 97.1 Å². The fraction of sp³-hybridized carbons (Fsp3) is 0.359. The van der Waals surface area contributed by atoms with Gasteiger partial charge in [-0.15, -0.1) is 0 Å². The minimum atomic E-state index is 0.00401. The smallest absolute Gasteiger partial charge is 0.317 e. The van der Waals surface area contributed by atoms with Gasteiger partial charge in [0.2, 0.25) is 6.79 Å². The molecule has 1 fully saturated rings. The van der Waals surface area contributed by atoms with Gasteiger partial charge in [0.1, 0.15) is 0 Å². The number of likely N-dealkylation sites (N-methyl/N-ethyl adjacent to an activating group) is 1. The monoisotopic (exact) mass is 633 g/mol. The van der Waals surface area contributed by atoms with Crippen LogP contribution < -0.4 is 20.1 Å². The average Bonchev–Trinajstić information content (AvgIpc) is 3.58. The van der Waals surface area contributed by atoms with Crippen LogP contribution in [0.1, 0.15) is 28.7 Å². The largest absolute Gasteiger partial charge is 0.454 e. The Hall–Kier alpha value is -4.37. The molecule has 2 heterocycles. The van der Waals surface area contributed by atoms with E-state index in [1.54, 1.807) is 0 Å². The highest BCUT2D eigenvalue weighted by Crippen LogP contribution is 2.32. The van der Waals surface area contributed by atoms with Crippen molar-refractivity contribution in [1.82, 2.24) is 25.3 Å². The van der Waals surface area contributed by atoms with Crippen molar-refractivity contribution in [3.63, 3.8) is 0 Å². The third-order valence-electron chi connectivity index (χ3n) is 9.00. The fourth-order valence-corrected chi connectivity index (χ4v) is 6.17. The van der Waals surface area contributed by atoms with Crippen molar-refractivity contribution in [2.75, 3.05) is 59.7 Å². The van der Waals surface area contributed by atoms with E-state index in [1.165, 1.54) is 27.8 Å². The number of piperazine rings is 1. The minimum absolute atomic E-state index is 0.00401. The van der Waals surface area contributed by atoms with Gasteiger partial charge in [-0.3, -0.25) is 0 Å². The molecule has 47 heavy (non-hydrogen) atoms. The molecule has 8 heteroatoms. The van der Waals surface area contributed by atoms with Crippen molar-refractivity contribution < 1.29 is 14.3 Å². The van der Waals surface area contributed by atoms with Gasteiger partial charge in [-0.1, -0.05) is 78.9 Å². The second-order valence-electron chi connectivity index (χ2n) is 12.6. The quantitative estimate of drug-likeness (QED) is 0.184. The highest BCUT2D eigenvalue weighted by molar-refractivity contribution is 5.74. The Kier molecular flexibility index (Phi) is 11.4. The molecule has 0 atom stereocenters. The van der Waals surface area contributed by atoms with E-state index in [0.29, 0.717) is 19.9 Å². The van der Waals surface area contributed by atoms with Crippen LogP contribution >= 0.6 is 0 Å². The summed E-state index contributed by atoms with van der Waals surface area (Å²) in [4.78, 5) is 20.3. The number of hydrogen-bond donors (Lipinski definition) is 2.